The Kier molecular flexibility index (Phi) is 5.51. The topological polar surface area (TPSA) is 71.0 Å². The summed E-state index contributed by atoms with van der Waals surface area (Å²) in [4.78, 5) is 18.2. The molecule has 2 aromatic heterocycles. The van der Waals surface area contributed by atoms with E-state index in [0.29, 0.717) is 6.54 Å². The zero-order valence-corrected chi connectivity index (χ0v) is 13.7. The van der Waals surface area contributed by atoms with E-state index in [1.807, 2.05) is 38.1 Å². The number of nitrogens with one attached hydrogen (secondary N) is 1. The number of pyridine rings is 1. The molecule has 2 rings (SSSR count). The van der Waals surface area contributed by atoms with Crippen LogP contribution in [0.1, 0.15) is 12.5 Å². The lowest BCUT2D eigenvalue weighted by Crippen LogP contribution is -2.30. The van der Waals surface area contributed by atoms with Crippen molar-refractivity contribution in [2.45, 2.75) is 23.1 Å². The predicted molar refractivity (Wildman–Crippen MR) is 85.6 cm³/mol. The Morgan fingerprint density at radius 1 is 1.52 bits per heavy atom. The molecule has 112 valence electrons. The van der Waals surface area contributed by atoms with Crippen LogP contribution in [0.25, 0.3) is 0 Å². The molecule has 0 aliphatic carbocycles. The number of aromatic nitrogens is 3. The fourth-order valence-corrected chi connectivity index (χ4v) is 3.22. The van der Waals surface area contributed by atoms with Gasteiger partial charge in [-0.15, -0.1) is 10.2 Å². The van der Waals surface area contributed by atoms with E-state index >= 15 is 0 Å². The van der Waals surface area contributed by atoms with Gasteiger partial charge in [0.05, 0.1) is 5.25 Å². The summed E-state index contributed by atoms with van der Waals surface area (Å²) in [6, 6.07) is 3.86. The van der Waals surface area contributed by atoms with E-state index < -0.39 is 0 Å². The largest absolute Gasteiger partial charge is 0.363 e. The van der Waals surface area contributed by atoms with E-state index in [2.05, 4.69) is 20.5 Å². The van der Waals surface area contributed by atoms with Gasteiger partial charge < -0.3 is 10.2 Å². The van der Waals surface area contributed by atoms with Crippen LogP contribution in [-0.4, -0.2) is 40.4 Å². The molecule has 0 bridgehead atoms. The van der Waals surface area contributed by atoms with E-state index in [1.165, 1.54) is 23.1 Å². The van der Waals surface area contributed by atoms with Gasteiger partial charge in [-0.25, -0.2) is 4.98 Å². The molecule has 6 nitrogen and oxygen atoms in total. The summed E-state index contributed by atoms with van der Waals surface area (Å²) in [5, 5.41) is 10.4. The van der Waals surface area contributed by atoms with Gasteiger partial charge in [0.25, 0.3) is 0 Å². The molecule has 0 unspecified atom stereocenters. The fraction of sp³-hybridized carbons (Fsp3) is 0.385. The van der Waals surface area contributed by atoms with Gasteiger partial charge in [0.1, 0.15) is 11.3 Å². The highest BCUT2D eigenvalue weighted by Crippen LogP contribution is 2.24. The lowest BCUT2D eigenvalue weighted by molar-refractivity contribution is -0.120. The van der Waals surface area contributed by atoms with Crippen molar-refractivity contribution in [3.8, 4) is 0 Å². The number of nitrogens with zero attached hydrogens (tertiary/aromatic N) is 4. The molecule has 2 aromatic rings. The molecule has 1 N–H and O–H groups in total. The van der Waals surface area contributed by atoms with E-state index in [0.717, 1.165) is 15.7 Å². The molecular weight excluding hydrogens is 306 g/mol. The summed E-state index contributed by atoms with van der Waals surface area (Å²) in [7, 11) is 3.87. The molecule has 0 spiro atoms. The molecule has 0 aromatic carbocycles. The first-order chi connectivity index (χ1) is 10.1. The van der Waals surface area contributed by atoms with Crippen LogP contribution >= 0.6 is 23.1 Å². The first kappa shape index (κ1) is 15.7. The summed E-state index contributed by atoms with van der Waals surface area (Å²) < 4.78 is 0.802. The Morgan fingerprint density at radius 2 is 2.33 bits per heavy atom. The smallest absolute Gasteiger partial charge is 0.233 e. The second-order valence-electron chi connectivity index (χ2n) is 4.60. The predicted octanol–water partition coefficient (Wildman–Crippen LogP) is 1.80. The Bertz CT molecular complexity index is 588. The summed E-state index contributed by atoms with van der Waals surface area (Å²) in [6.45, 7) is 2.35. The summed E-state index contributed by atoms with van der Waals surface area (Å²) in [6.07, 6.45) is 1.75. The SMILES string of the molecule is C[C@@H](Sc1nncs1)C(=O)NCc1ccnc(N(C)C)c1. The van der Waals surface area contributed by atoms with E-state index in [9.17, 15) is 4.79 Å². The quantitative estimate of drug-likeness (QED) is 0.817. The van der Waals surface area contributed by atoms with Gasteiger partial charge in [-0.1, -0.05) is 23.1 Å². The van der Waals surface area contributed by atoms with Crippen LogP contribution in [0.3, 0.4) is 0 Å². The number of rotatable bonds is 6. The molecule has 0 aliphatic heterocycles. The van der Waals surface area contributed by atoms with Crippen molar-refractivity contribution in [3.63, 3.8) is 0 Å². The fourth-order valence-electron chi connectivity index (χ4n) is 1.57. The first-order valence-corrected chi connectivity index (χ1v) is 8.15. The standard InChI is InChI=1S/C13H17N5OS2/c1-9(21-13-17-16-8-20-13)12(19)15-7-10-4-5-14-11(6-10)18(2)3/h4-6,8-9H,7H2,1-3H3,(H,15,19)/t9-/m1/s1. The minimum absolute atomic E-state index is 0.0154. The van der Waals surface area contributed by atoms with Crippen LogP contribution in [-0.2, 0) is 11.3 Å². The molecule has 1 atom stereocenters. The van der Waals surface area contributed by atoms with Crippen LogP contribution in [0.4, 0.5) is 5.82 Å². The number of carbonyl (C=O) groups is 1. The van der Waals surface area contributed by atoms with Crippen LogP contribution in [0.15, 0.2) is 28.2 Å². The lowest BCUT2D eigenvalue weighted by Gasteiger charge is -2.13. The Balaban J connectivity index is 1.87. The average molecular weight is 323 g/mol. The molecular formula is C13H17N5OS2. The average Bonchev–Trinajstić information content (AvgIpc) is 2.97. The van der Waals surface area contributed by atoms with Gasteiger partial charge in [0.2, 0.25) is 5.91 Å². The number of anilines is 1. The number of amides is 1. The number of carbonyl (C=O) groups excluding carboxylic acids is 1. The van der Waals surface area contributed by atoms with E-state index in [4.69, 9.17) is 0 Å². The molecule has 2 heterocycles. The van der Waals surface area contributed by atoms with Gasteiger partial charge >= 0.3 is 0 Å². The molecule has 0 saturated heterocycles. The normalized spacial score (nSPS) is 12.0. The van der Waals surface area contributed by atoms with Gasteiger partial charge in [-0.2, -0.15) is 0 Å². The monoisotopic (exact) mass is 323 g/mol. The van der Waals surface area contributed by atoms with Gasteiger partial charge in [-0.05, 0) is 24.6 Å². The molecule has 0 radical (unpaired) electrons. The summed E-state index contributed by atoms with van der Waals surface area (Å²) >= 11 is 2.85. The van der Waals surface area contributed by atoms with Crippen molar-refractivity contribution in [2.24, 2.45) is 0 Å². The third-order valence-corrected chi connectivity index (χ3v) is 4.63. The Morgan fingerprint density at radius 3 is 3.00 bits per heavy atom. The minimum Gasteiger partial charge on any atom is -0.363 e. The van der Waals surface area contributed by atoms with Crippen molar-refractivity contribution in [2.75, 3.05) is 19.0 Å². The third-order valence-electron chi connectivity index (χ3n) is 2.72. The minimum atomic E-state index is -0.201. The Hall–Kier alpha value is -1.67. The van der Waals surface area contributed by atoms with E-state index in [-0.39, 0.29) is 11.2 Å². The highest BCUT2D eigenvalue weighted by Gasteiger charge is 2.15. The highest BCUT2D eigenvalue weighted by molar-refractivity contribution is 8.02. The second-order valence-corrected chi connectivity index (χ2v) is 7.02. The maximum Gasteiger partial charge on any atom is 0.233 e. The maximum absolute atomic E-state index is 12.1. The summed E-state index contributed by atoms with van der Waals surface area (Å²) in [5.74, 6) is 0.858. The third kappa shape index (κ3) is 4.68. The van der Waals surface area contributed by atoms with Crippen LogP contribution in [0, 0.1) is 0 Å². The van der Waals surface area contributed by atoms with Crippen LogP contribution < -0.4 is 10.2 Å². The Labute approximate surface area is 132 Å². The number of hydrogen-bond donors (Lipinski definition) is 1. The van der Waals surface area contributed by atoms with Gasteiger partial charge in [-0.3, -0.25) is 4.79 Å². The second kappa shape index (κ2) is 7.37. The van der Waals surface area contributed by atoms with Crippen molar-refractivity contribution >= 4 is 34.8 Å². The van der Waals surface area contributed by atoms with Gasteiger partial charge in [0.15, 0.2) is 4.34 Å². The van der Waals surface area contributed by atoms with Crippen molar-refractivity contribution in [3.05, 3.63) is 29.4 Å². The molecule has 0 saturated carbocycles. The van der Waals surface area contributed by atoms with Crippen LogP contribution in [0.2, 0.25) is 0 Å². The van der Waals surface area contributed by atoms with Crippen LogP contribution in [0.5, 0.6) is 0 Å². The van der Waals surface area contributed by atoms with Crippen molar-refractivity contribution < 1.29 is 4.79 Å². The number of thioether (sulfide) groups is 1. The molecule has 0 fully saturated rings. The lowest BCUT2D eigenvalue weighted by atomic mass is 10.2. The molecule has 0 aliphatic rings. The van der Waals surface area contributed by atoms with E-state index in [1.54, 1.807) is 11.7 Å². The molecule has 1 amide bonds. The summed E-state index contributed by atoms with van der Waals surface area (Å²) in [5.41, 5.74) is 2.68. The molecule has 8 heteroatoms. The number of hydrogen-bond acceptors (Lipinski definition) is 7. The van der Waals surface area contributed by atoms with Crippen molar-refractivity contribution in [1.82, 2.24) is 20.5 Å². The maximum atomic E-state index is 12.1. The first-order valence-electron chi connectivity index (χ1n) is 6.39. The highest BCUT2D eigenvalue weighted by atomic mass is 32.2. The van der Waals surface area contributed by atoms with Gasteiger partial charge in [0, 0.05) is 26.8 Å². The zero-order valence-electron chi connectivity index (χ0n) is 12.1. The van der Waals surface area contributed by atoms with Crippen molar-refractivity contribution in [1.29, 1.82) is 0 Å². The molecule has 21 heavy (non-hydrogen) atoms. The zero-order chi connectivity index (χ0) is 15.2.